The zero-order valence-corrected chi connectivity index (χ0v) is 15.6. The Morgan fingerprint density at radius 3 is 2.52 bits per heavy atom. The van der Waals surface area contributed by atoms with E-state index in [9.17, 15) is 4.79 Å². The fourth-order valence-corrected chi connectivity index (χ4v) is 3.83. The van der Waals surface area contributed by atoms with Gasteiger partial charge in [0.2, 0.25) is 5.91 Å². The average Bonchev–Trinajstić information content (AvgIpc) is 2.99. The summed E-state index contributed by atoms with van der Waals surface area (Å²) in [5.74, 6) is 0.0269. The van der Waals surface area contributed by atoms with Crippen molar-refractivity contribution in [1.29, 1.82) is 0 Å². The summed E-state index contributed by atoms with van der Waals surface area (Å²) in [5.41, 5.74) is 5.76. The standard InChI is InChI=1S/C24H24N2O/c1-18-15-21-12-6-8-14-23(21)26(18)17-24(27)25-22-13-7-5-11-20(22)16-19-9-3-2-4-10-19/h2-14,18H,15-17H2,1H3,(H,25,27)/t18-/m1/s1. The predicted octanol–water partition coefficient (Wildman–Crippen LogP) is 4.67. The van der Waals surface area contributed by atoms with Crippen molar-refractivity contribution in [3.05, 3.63) is 95.6 Å². The number of benzene rings is 3. The maximum absolute atomic E-state index is 12.8. The second kappa shape index (κ2) is 7.67. The fraction of sp³-hybridized carbons (Fsp3) is 0.208. The largest absolute Gasteiger partial charge is 0.359 e. The van der Waals surface area contributed by atoms with Crippen LogP contribution in [-0.2, 0) is 17.6 Å². The highest BCUT2D eigenvalue weighted by Crippen LogP contribution is 2.31. The van der Waals surface area contributed by atoms with Gasteiger partial charge in [0.25, 0.3) is 0 Å². The van der Waals surface area contributed by atoms with Crippen LogP contribution >= 0.6 is 0 Å². The maximum Gasteiger partial charge on any atom is 0.243 e. The molecule has 3 aromatic carbocycles. The molecular formula is C24H24N2O. The molecule has 0 unspecified atom stereocenters. The van der Waals surface area contributed by atoms with Crippen molar-refractivity contribution in [1.82, 2.24) is 0 Å². The topological polar surface area (TPSA) is 32.3 Å². The van der Waals surface area contributed by atoms with Gasteiger partial charge in [0, 0.05) is 17.4 Å². The molecule has 0 aromatic heterocycles. The van der Waals surface area contributed by atoms with Crippen molar-refractivity contribution in [3.8, 4) is 0 Å². The minimum absolute atomic E-state index is 0.0269. The first-order chi connectivity index (χ1) is 13.2. The van der Waals surface area contributed by atoms with Gasteiger partial charge in [-0.25, -0.2) is 0 Å². The van der Waals surface area contributed by atoms with Crippen LogP contribution < -0.4 is 10.2 Å². The van der Waals surface area contributed by atoms with Crippen LogP contribution in [0.15, 0.2) is 78.9 Å². The summed E-state index contributed by atoms with van der Waals surface area (Å²) < 4.78 is 0. The van der Waals surface area contributed by atoms with Crippen LogP contribution in [-0.4, -0.2) is 18.5 Å². The summed E-state index contributed by atoms with van der Waals surface area (Å²) in [6.07, 6.45) is 1.80. The molecule has 3 nitrogen and oxygen atoms in total. The van der Waals surface area contributed by atoms with E-state index in [0.717, 1.165) is 24.1 Å². The van der Waals surface area contributed by atoms with Crippen molar-refractivity contribution in [2.24, 2.45) is 0 Å². The Morgan fingerprint density at radius 1 is 0.963 bits per heavy atom. The van der Waals surface area contributed by atoms with E-state index >= 15 is 0 Å². The van der Waals surface area contributed by atoms with E-state index in [4.69, 9.17) is 0 Å². The van der Waals surface area contributed by atoms with Gasteiger partial charge in [0.05, 0.1) is 6.54 Å². The van der Waals surface area contributed by atoms with E-state index in [1.807, 2.05) is 42.5 Å². The maximum atomic E-state index is 12.8. The molecule has 0 fully saturated rings. The molecule has 0 aliphatic carbocycles. The van der Waals surface area contributed by atoms with Gasteiger partial charge in [-0.3, -0.25) is 4.79 Å². The summed E-state index contributed by atoms with van der Waals surface area (Å²) in [7, 11) is 0. The molecule has 0 spiro atoms. The molecule has 0 saturated carbocycles. The molecule has 0 saturated heterocycles. The van der Waals surface area contributed by atoms with Crippen LogP contribution in [0.3, 0.4) is 0 Å². The number of carbonyl (C=O) groups is 1. The van der Waals surface area contributed by atoms with Crippen LogP contribution in [0, 0.1) is 0 Å². The highest BCUT2D eigenvalue weighted by Gasteiger charge is 2.27. The zero-order chi connectivity index (χ0) is 18.6. The van der Waals surface area contributed by atoms with Gasteiger partial charge in [-0.2, -0.15) is 0 Å². The Kier molecular flexibility index (Phi) is 4.93. The molecular weight excluding hydrogens is 332 g/mol. The van der Waals surface area contributed by atoms with Crippen molar-refractivity contribution in [2.45, 2.75) is 25.8 Å². The molecule has 1 aliphatic rings. The van der Waals surface area contributed by atoms with Crippen LogP contribution in [0.25, 0.3) is 0 Å². The zero-order valence-electron chi connectivity index (χ0n) is 15.6. The van der Waals surface area contributed by atoms with E-state index in [0.29, 0.717) is 12.6 Å². The number of hydrogen-bond donors (Lipinski definition) is 1. The van der Waals surface area contributed by atoms with Gasteiger partial charge in [-0.05, 0) is 48.6 Å². The van der Waals surface area contributed by atoms with Crippen molar-refractivity contribution >= 4 is 17.3 Å². The first-order valence-electron chi connectivity index (χ1n) is 9.47. The number of fused-ring (bicyclic) bond motifs is 1. The molecule has 3 aromatic rings. The lowest BCUT2D eigenvalue weighted by molar-refractivity contribution is -0.115. The van der Waals surface area contributed by atoms with Crippen LogP contribution in [0.1, 0.15) is 23.6 Å². The van der Waals surface area contributed by atoms with E-state index in [1.165, 1.54) is 16.8 Å². The number of para-hydroxylation sites is 2. The molecule has 27 heavy (non-hydrogen) atoms. The Balaban J connectivity index is 1.48. The molecule has 3 heteroatoms. The highest BCUT2D eigenvalue weighted by molar-refractivity contribution is 5.95. The average molecular weight is 356 g/mol. The molecule has 4 rings (SSSR count). The first-order valence-corrected chi connectivity index (χ1v) is 9.47. The van der Waals surface area contributed by atoms with Crippen molar-refractivity contribution < 1.29 is 4.79 Å². The number of nitrogens with one attached hydrogen (secondary N) is 1. The van der Waals surface area contributed by atoms with Gasteiger partial charge in [0.1, 0.15) is 0 Å². The minimum Gasteiger partial charge on any atom is -0.359 e. The summed E-state index contributed by atoms with van der Waals surface area (Å²) in [4.78, 5) is 15.0. The quantitative estimate of drug-likeness (QED) is 0.721. The highest BCUT2D eigenvalue weighted by atomic mass is 16.2. The smallest absolute Gasteiger partial charge is 0.243 e. The van der Waals surface area contributed by atoms with E-state index in [1.54, 1.807) is 0 Å². The van der Waals surface area contributed by atoms with Gasteiger partial charge >= 0.3 is 0 Å². The van der Waals surface area contributed by atoms with Crippen LogP contribution in [0.4, 0.5) is 11.4 Å². The second-order valence-electron chi connectivity index (χ2n) is 7.18. The Labute approximate surface area is 160 Å². The summed E-state index contributed by atoms with van der Waals surface area (Å²) in [6.45, 7) is 2.55. The summed E-state index contributed by atoms with van der Waals surface area (Å²) in [6, 6.07) is 27.1. The fourth-order valence-electron chi connectivity index (χ4n) is 3.83. The SMILES string of the molecule is C[C@@H]1Cc2ccccc2N1CC(=O)Nc1ccccc1Cc1ccccc1. The lowest BCUT2D eigenvalue weighted by Crippen LogP contribution is -2.37. The number of anilines is 2. The lowest BCUT2D eigenvalue weighted by Gasteiger charge is -2.24. The molecule has 0 radical (unpaired) electrons. The van der Waals surface area contributed by atoms with Gasteiger partial charge in [-0.15, -0.1) is 0 Å². The number of nitrogens with zero attached hydrogens (tertiary/aromatic N) is 1. The predicted molar refractivity (Wildman–Crippen MR) is 111 cm³/mol. The third kappa shape index (κ3) is 3.87. The molecule has 1 atom stereocenters. The van der Waals surface area contributed by atoms with E-state index in [2.05, 4.69) is 53.5 Å². The number of hydrogen-bond acceptors (Lipinski definition) is 2. The Morgan fingerprint density at radius 2 is 1.67 bits per heavy atom. The molecule has 0 bridgehead atoms. The third-order valence-electron chi connectivity index (χ3n) is 5.19. The number of carbonyl (C=O) groups excluding carboxylic acids is 1. The van der Waals surface area contributed by atoms with Gasteiger partial charge in [-0.1, -0.05) is 66.7 Å². The minimum atomic E-state index is 0.0269. The summed E-state index contributed by atoms with van der Waals surface area (Å²) >= 11 is 0. The third-order valence-corrected chi connectivity index (χ3v) is 5.19. The molecule has 136 valence electrons. The lowest BCUT2D eigenvalue weighted by atomic mass is 10.0. The summed E-state index contributed by atoms with van der Waals surface area (Å²) in [5, 5.41) is 3.13. The van der Waals surface area contributed by atoms with Gasteiger partial charge in [0.15, 0.2) is 0 Å². The number of rotatable bonds is 5. The number of amides is 1. The van der Waals surface area contributed by atoms with Crippen molar-refractivity contribution in [3.63, 3.8) is 0 Å². The Bertz CT molecular complexity index is 936. The van der Waals surface area contributed by atoms with E-state index < -0.39 is 0 Å². The Hall–Kier alpha value is -3.07. The van der Waals surface area contributed by atoms with Crippen LogP contribution in [0.5, 0.6) is 0 Å². The second-order valence-corrected chi connectivity index (χ2v) is 7.18. The van der Waals surface area contributed by atoms with E-state index in [-0.39, 0.29) is 5.91 Å². The first kappa shape index (κ1) is 17.3. The molecule has 1 amide bonds. The van der Waals surface area contributed by atoms with Gasteiger partial charge < -0.3 is 10.2 Å². The normalized spacial score (nSPS) is 15.4. The van der Waals surface area contributed by atoms with Crippen molar-refractivity contribution in [2.75, 3.05) is 16.8 Å². The molecule has 1 aliphatic heterocycles. The van der Waals surface area contributed by atoms with Crippen LogP contribution in [0.2, 0.25) is 0 Å². The molecule has 1 heterocycles. The molecule has 1 N–H and O–H groups in total. The monoisotopic (exact) mass is 356 g/mol.